The van der Waals surface area contributed by atoms with Gasteiger partial charge in [0.15, 0.2) is 0 Å². The minimum absolute atomic E-state index is 0.0718. The monoisotopic (exact) mass is 282 g/mol. The van der Waals surface area contributed by atoms with Crippen LogP contribution in [0.3, 0.4) is 0 Å². The van der Waals surface area contributed by atoms with E-state index in [9.17, 15) is 18.0 Å². The van der Waals surface area contributed by atoms with Crippen LogP contribution in [0.25, 0.3) is 0 Å². The molecule has 1 aliphatic heterocycles. The first-order valence-electron chi connectivity index (χ1n) is 5.59. The van der Waals surface area contributed by atoms with Crippen LogP contribution in [0, 0.1) is 5.92 Å². The van der Waals surface area contributed by atoms with Crippen LogP contribution in [0.2, 0.25) is 0 Å². The lowest BCUT2D eigenvalue weighted by atomic mass is 9.68. The number of rotatable bonds is 3. The summed E-state index contributed by atoms with van der Waals surface area (Å²) in [6.45, 7) is 3.24. The van der Waals surface area contributed by atoms with Gasteiger partial charge >= 0.3 is 19.3 Å². The molecular weight excluding hydrogens is 268 g/mol. The molecule has 9 heteroatoms. The third kappa shape index (κ3) is 2.57. The van der Waals surface area contributed by atoms with E-state index in [1.807, 2.05) is 0 Å². The largest absolute Gasteiger partial charge is 0.488 e. The second-order valence-corrected chi connectivity index (χ2v) is 4.31. The van der Waals surface area contributed by atoms with Gasteiger partial charge in [-0.3, -0.25) is 0 Å². The van der Waals surface area contributed by atoms with Crippen LogP contribution in [0.5, 0.6) is 0 Å². The second-order valence-electron chi connectivity index (χ2n) is 4.31. The second kappa shape index (κ2) is 5.05. The van der Waals surface area contributed by atoms with Crippen molar-refractivity contribution in [1.82, 2.24) is 0 Å². The molecule has 0 aromatic rings. The van der Waals surface area contributed by atoms with E-state index in [-0.39, 0.29) is 6.61 Å². The number of hydrogen-bond donors (Lipinski definition) is 2. The lowest BCUT2D eigenvalue weighted by Crippen LogP contribution is -2.48. The minimum atomic E-state index is -4.78. The summed E-state index contributed by atoms with van der Waals surface area (Å²) < 4.78 is 48.2. The molecule has 2 atom stereocenters. The van der Waals surface area contributed by atoms with Gasteiger partial charge in [0.05, 0.1) is 6.61 Å². The van der Waals surface area contributed by atoms with Crippen LogP contribution in [0.1, 0.15) is 20.8 Å². The normalized spacial score (nSPS) is 27.3. The highest BCUT2D eigenvalue weighted by molar-refractivity contribution is 6.52. The van der Waals surface area contributed by atoms with Crippen LogP contribution in [0.15, 0.2) is 11.2 Å². The fraction of sp³-hybridized carbons (Fsp3) is 0.700. The highest BCUT2D eigenvalue weighted by Gasteiger charge is 2.64. The zero-order chi connectivity index (χ0) is 15.0. The van der Waals surface area contributed by atoms with Gasteiger partial charge in [0.2, 0.25) is 11.4 Å². The molecule has 0 bridgehead atoms. The number of halogens is 3. The fourth-order valence-electron chi connectivity index (χ4n) is 1.85. The summed E-state index contributed by atoms with van der Waals surface area (Å²) in [6, 6.07) is 0. The van der Waals surface area contributed by atoms with Crippen molar-refractivity contribution >= 4 is 13.1 Å². The standard InChI is InChI=1S/C10H14BF3O5/c1-4-18-8(15)7-6(11(16)17)5(2)9(3,19-7)10(12,13)14/h5,16-17H,4H2,1-3H3/t5-,9+/m0/s1. The third-order valence-electron chi connectivity index (χ3n) is 3.17. The van der Waals surface area contributed by atoms with Gasteiger partial charge in [-0.25, -0.2) is 4.79 Å². The number of carbonyl (C=O) groups excluding carboxylic acids is 1. The van der Waals surface area contributed by atoms with E-state index < -0.39 is 42.0 Å². The first kappa shape index (κ1) is 15.8. The maximum absolute atomic E-state index is 13.0. The van der Waals surface area contributed by atoms with Crippen LogP contribution >= 0.6 is 0 Å². The number of ether oxygens (including phenoxy) is 2. The Kier molecular flexibility index (Phi) is 4.21. The average Bonchev–Trinajstić information content (AvgIpc) is 2.52. The molecule has 0 radical (unpaired) electrons. The van der Waals surface area contributed by atoms with Crippen molar-refractivity contribution in [1.29, 1.82) is 0 Å². The Morgan fingerprint density at radius 1 is 1.53 bits per heavy atom. The van der Waals surface area contributed by atoms with Gasteiger partial charge in [-0.2, -0.15) is 13.2 Å². The molecular formula is C10H14BF3O5. The Morgan fingerprint density at radius 2 is 2.05 bits per heavy atom. The molecule has 0 spiro atoms. The van der Waals surface area contributed by atoms with Crippen molar-refractivity contribution in [3.8, 4) is 0 Å². The molecule has 19 heavy (non-hydrogen) atoms. The Bertz CT molecular complexity index is 406. The molecule has 2 N–H and O–H groups in total. The Labute approximate surface area is 108 Å². The van der Waals surface area contributed by atoms with Gasteiger partial charge in [-0.05, 0) is 13.8 Å². The van der Waals surface area contributed by atoms with Crippen LogP contribution in [-0.4, -0.2) is 41.5 Å². The highest BCUT2D eigenvalue weighted by Crippen LogP contribution is 2.49. The maximum Gasteiger partial charge on any atom is 0.488 e. The smallest absolute Gasteiger partial charge is 0.471 e. The van der Waals surface area contributed by atoms with Crippen molar-refractivity contribution in [2.24, 2.45) is 5.92 Å². The van der Waals surface area contributed by atoms with Gasteiger partial charge in [0.1, 0.15) is 0 Å². The molecule has 0 saturated carbocycles. The van der Waals surface area contributed by atoms with E-state index in [4.69, 9.17) is 10.0 Å². The van der Waals surface area contributed by atoms with Crippen molar-refractivity contribution in [3.63, 3.8) is 0 Å². The number of esters is 1. The van der Waals surface area contributed by atoms with Gasteiger partial charge in [-0.15, -0.1) is 0 Å². The average molecular weight is 282 g/mol. The first-order valence-corrected chi connectivity index (χ1v) is 5.59. The van der Waals surface area contributed by atoms with E-state index in [1.54, 1.807) is 0 Å². The Balaban J connectivity index is 3.23. The summed E-state index contributed by atoms with van der Waals surface area (Å²) in [5.74, 6) is -3.36. The maximum atomic E-state index is 13.0. The van der Waals surface area contributed by atoms with Crippen molar-refractivity contribution in [3.05, 3.63) is 11.2 Å². The highest BCUT2D eigenvalue weighted by atomic mass is 19.4. The molecule has 5 nitrogen and oxygen atoms in total. The van der Waals surface area contributed by atoms with Crippen molar-refractivity contribution in [2.45, 2.75) is 32.5 Å². The van der Waals surface area contributed by atoms with E-state index in [1.165, 1.54) is 6.92 Å². The van der Waals surface area contributed by atoms with E-state index in [2.05, 4.69) is 9.47 Å². The van der Waals surface area contributed by atoms with Gasteiger partial charge in [-0.1, -0.05) is 6.92 Å². The molecule has 0 aliphatic carbocycles. The van der Waals surface area contributed by atoms with E-state index in [0.717, 1.165) is 13.8 Å². The number of carbonyl (C=O) groups is 1. The summed E-state index contributed by atoms with van der Waals surface area (Å²) in [5.41, 5.74) is -3.23. The van der Waals surface area contributed by atoms with Gasteiger partial charge in [0.25, 0.3) is 0 Å². The molecule has 1 aliphatic rings. The summed E-state index contributed by atoms with van der Waals surface area (Å²) in [6.07, 6.45) is -4.78. The molecule has 0 amide bonds. The van der Waals surface area contributed by atoms with Gasteiger partial charge in [0, 0.05) is 11.4 Å². The lowest BCUT2D eigenvalue weighted by molar-refractivity contribution is -0.263. The topological polar surface area (TPSA) is 76.0 Å². The lowest BCUT2D eigenvalue weighted by Gasteiger charge is -2.32. The number of alkyl halides is 3. The zero-order valence-corrected chi connectivity index (χ0v) is 10.6. The molecule has 108 valence electrons. The predicted octanol–water partition coefficient (Wildman–Crippen LogP) is 0.803. The van der Waals surface area contributed by atoms with Crippen LogP contribution < -0.4 is 0 Å². The van der Waals surface area contributed by atoms with Crippen molar-refractivity contribution in [2.75, 3.05) is 6.61 Å². The minimum Gasteiger partial charge on any atom is -0.471 e. The summed E-state index contributed by atoms with van der Waals surface area (Å²) in [7, 11) is -2.22. The van der Waals surface area contributed by atoms with E-state index in [0.29, 0.717) is 0 Å². The quantitative estimate of drug-likeness (QED) is 0.591. The van der Waals surface area contributed by atoms with Crippen LogP contribution in [0.4, 0.5) is 13.2 Å². The molecule has 0 aromatic carbocycles. The molecule has 1 rings (SSSR count). The molecule has 0 unspecified atom stereocenters. The van der Waals surface area contributed by atoms with E-state index >= 15 is 0 Å². The molecule has 1 heterocycles. The van der Waals surface area contributed by atoms with Gasteiger partial charge < -0.3 is 19.5 Å². The summed E-state index contributed by atoms with van der Waals surface area (Å²) in [4.78, 5) is 11.5. The van der Waals surface area contributed by atoms with Crippen molar-refractivity contribution < 1.29 is 37.5 Å². The molecule has 0 fully saturated rings. The Hall–Kier alpha value is -1.22. The van der Waals surface area contributed by atoms with Crippen LogP contribution in [-0.2, 0) is 14.3 Å². The third-order valence-corrected chi connectivity index (χ3v) is 3.17. The Morgan fingerprint density at radius 3 is 2.42 bits per heavy atom. The summed E-state index contributed by atoms with van der Waals surface area (Å²) >= 11 is 0. The molecule has 0 saturated heterocycles. The number of hydrogen-bond acceptors (Lipinski definition) is 5. The molecule has 0 aromatic heterocycles. The summed E-state index contributed by atoms with van der Waals surface area (Å²) in [5, 5.41) is 18.3. The zero-order valence-electron chi connectivity index (χ0n) is 10.6. The fourth-order valence-corrected chi connectivity index (χ4v) is 1.85. The SMILES string of the molecule is CCOC(=O)C1=C(B(O)O)[C@H](C)[C@](C)(C(F)(F)F)O1. The predicted molar refractivity (Wildman–Crippen MR) is 58.6 cm³/mol. The first-order chi connectivity index (χ1) is 8.56.